The van der Waals surface area contributed by atoms with Gasteiger partial charge < -0.3 is 5.32 Å². The summed E-state index contributed by atoms with van der Waals surface area (Å²) < 4.78 is 79.2. The molecule has 0 bridgehead atoms. The van der Waals surface area contributed by atoms with E-state index in [1.54, 1.807) is 12.1 Å². The molecule has 0 saturated carbocycles. The molecule has 30 heavy (non-hydrogen) atoms. The molecule has 0 saturated heterocycles. The van der Waals surface area contributed by atoms with Gasteiger partial charge in [0, 0.05) is 16.8 Å². The fourth-order valence-corrected chi connectivity index (χ4v) is 2.92. The van der Waals surface area contributed by atoms with Crippen molar-refractivity contribution in [2.45, 2.75) is 17.2 Å². The molecule has 12 heteroatoms. The van der Waals surface area contributed by atoms with E-state index in [1.165, 1.54) is 23.9 Å². The monoisotopic (exact) mass is 446 g/mol. The molecular weight excluding hydrogens is 434 g/mol. The maximum atomic E-state index is 13.6. The van der Waals surface area contributed by atoms with Crippen molar-refractivity contribution in [2.24, 2.45) is 0 Å². The van der Waals surface area contributed by atoms with Gasteiger partial charge in [-0.05, 0) is 42.7 Å². The van der Waals surface area contributed by atoms with E-state index in [1.807, 2.05) is 6.26 Å². The summed E-state index contributed by atoms with van der Waals surface area (Å²) in [7, 11) is 0. The SMILES string of the molecule is CSc1ccc(NC(=O)c2cnn(-c3ccc(C(F)(F)F)cn3)c2C(F)(F)F)cc1. The van der Waals surface area contributed by atoms with Gasteiger partial charge in [-0.15, -0.1) is 11.8 Å². The van der Waals surface area contributed by atoms with Crippen molar-refractivity contribution in [3.05, 3.63) is 65.6 Å². The first-order valence-corrected chi connectivity index (χ1v) is 9.37. The van der Waals surface area contributed by atoms with Crippen molar-refractivity contribution in [1.82, 2.24) is 14.8 Å². The van der Waals surface area contributed by atoms with Gasteiger partial charge in [-0.3, -0.25) is 4.79 Å². The maximum Gasteiger partial charge on any atom is 0.434 e. The Morgan fingerprint density at radius 2 is 1.63 bits per heavy atom. The van der Waals surface area contributed by atoms with E-state index >= 15 is 0 Å². The number of nitrogens with one attached hydrogen (secondary N) is 1. The van der Waals surface area contributed by atoms with Gasteiger partial charge in [-0.25, -0.2) is 9.67 Å². The molecular formula is C18H12F6N4OS. The van der Waals surface area contributed by atoms with E-state index in [2.05, 4.69) is 15.4 Å². The predicted molar refractivity (Wildman–Crippen MR) is 97.5 cm³/mol. The van der Waals surface area contributed by atoms with Crippen LogP contribution in [-0.4, -0.2) is 26.9 Å². The van der Waals surface area contributed by atoms with Gasteiger partial charge in [0.2, 0.25) is 0 Å². The number of carbonyl (C=O) groups excluding carboxylic acids is 1. The Labute approximate surface area is 170 Å². The lowest BCUT2D eigenvalue weighted by Gasteiger charge is -2.13. The molecule has 2 aromatic heterocycles. The molecule has 0 spiro atoms. The van der Waals surface area contributed by atoms with Crippen molar-refractivity contribution >= 4 is 23.4 Å². The van der Waals surface area contributed by atoms with E-state index < -0.39 is 40.9 Å². The Hall–Kier alpha value is -3.02. The summed E-state index contributed by atoms with van der Waals surface area (Å²) in [4.78, 5) is 16.7. The van der Waals surface area contributed by atoms with Gasteiger partial charge in [0.15, 0.2) is 11.5 Å². The molecule has 0 aliphatic rings. The normalized spacial score (nSPS) is 12.1. The van der Waals surface area contributed by atoms with Gasteiger partial charge in [0.1, 0.15) is 0 Å². The first-order chi connectivity index (χ1) is 14.0. The highest BCUT2D eigenvalue weighted by molar-refractivity contribution is 7.98. The second-order valence-electron chi connectivity index (χ2n) is 5.90. The van der Waals surface area contributed by atoms with Crippen LogP contribution in [0.1, 0.15) is 21.6 Å². The third kappa shape index (κ3) is 4.58. The standard InChI is InChI=1S/C18H12F6N4OS/c1-30-12-5-3-11(4-6-12)27-16(29)13-9-26-28(15(13)18(22,23)24)14-7-2-10(8-25-14)17(19,20)21/h2-9H,1H3,(H,27,29). The summed E-state index contributed by atoms with van der Waals surface area (Å²) in [6, 6.07) is 7.74. The Balaban J connectivity index is 1.96. The average Bonchev–Trinajstić information content (AvgIpc) is 3.14. The summed E-state index contributed by atoms with van der Waals surface area (Å²) in [5, 5.41) is 5.87. The molecule has 0 aliphatic carbocycles. The van der Waals surface area contributed by atoms with Gasteiger partial charge >= 0.3 is 12.4 Å². The highest BCUT2D eigenvalue weighted by Crippen LogP contribution is 2.34. The molecule has 2 heterocycles. The average molecular weight is 446 g/mol. The van der Waals surface area contributed by atoms with E-state index in [0.29, 0.717) is 18.5 Å². The van der Waals surface area contributed by atoms with Crippen LogP contribution < -0.4 is 5.32 Å². The Bertz CT molecular complexity index is 1040. The van der Waals surface area contributed by atoms with E-state index in [4.69, 9.17) is 0 Å². The topological polar surface area (TPSA) is 59.8 Å². The molecule has 0 unspecified atom stereocenters. The van der Waals surface area contributed by atoms with Gasteiger partial charge in [-0.2, -0.15) is 31.4 Å². The lowest BCUT2D eigenvalue weighted by atomic mass is 10.2. The van der Waals surface area contributed by atoms with E-state index in [-0.39, 0.29) is 10.4 Å². The minimum Gasteiger partial charge on any atom is -0.322 e. The number of benzene rings is 1. The third-order valence-corrected chi connectivity index (χ3v) is 4.67. The molecule has 0 radical (unpaired) electrons. The van der Waals surface area contributed by atoms with Crippen LogP contribution in [0.5, 0.6) is 0 Å². The highest BCUT2D eigenvalue weighted by Gasteiger charge is 2.41. The zero-order valence-corrected chi connectivity index (χ0v) is 15.9. The summed E-state index contributed by atoms with van der Waals surface area (Å²) in [5.41, 5.74) is -3.10. The first kappa shape index (κ1) is 21.7. The van der Waals surface area contributed by atoms with Crippen LogP contribution in [0.2, 0.25) is 0 Å². The number of hydrogen-bond donors (Lipinski definition) is 1. The number of halogens is 6. The molecule has 0 aliphatic heterocycles. The number of thioether (sulfide) groups is 1. The summed E-state index contributed by atoms with van der Waals surface area (Å²) in [5.74, 6) is -1.59. The molecule has 1 N–H and O–H groups in total. The number of hydrogen-bond acceptors (Lipinski definition) is 4. The number of aromatic nitrogens is 3. The quantitative estimate of drug-likeness (QED) is 0.438. The van der Waals surface area contributed by atoms with Crippen LogP contribution in [0.25, 0.3) is 5.82 Å². The fraction of sp³-hybridized carbons (Fsp3) is 0.167. The lowest BCUT2D eigenvalue weighted by Crippen LogP contribution is -2.21. The third-order valence-electron chi connectivity index (χ3n) is 3.92. The second-order valence-corrected chi connectivity index (χ2v) is 6.78. The maximum absolute atomic E-state index is 13.6. The molecule has 3 rings (SSSR count). The Kier molecular flexibility index (Phi) is 5.79. The molecule has 0 atom stereocenters. The van der Waals surface area contributed by atoms with Crippen molar-refractivity contribution in [3.63, 3.8) is 0 Å². The summed E-state index contributed by atoms with van der Waals surface area (Å²) in [6.07, 6.45) is -6.79. The van der Waals surface area contributed by atoms with Crippen molar-refractivity contribution < 1.29 is 31.1 Å². The van der Waals surface area contributed by atoms with Crippen LogP contribution in [0.4, 0.5) is 32.0 Å². The van der Waals surface area contributed by atoms with Crippen molar-refractivity contribution in [3.8, 4) is 5.82 Å². The lowest BCUT2D eigenvalue weighted by molar-refractivity contribution is -0.143. The fourth-order valence-electron chi connectivity index (χ4n) is 2.51. The summed E-state index contributed by atoms with van der Waals surface area (Å²) >= 11 is 1.45. The number of amides is 1. The number of carbonyl (C=O) groups is 1. The molecule has 5 nitrogen and oxygen atoms in total. The highest BCUT2D eigenvalue weighted by atomic mass is 32.2. The second kappa shape index (κ2) is 8.01. The van der Waals surface area contributed by atoms with Gasteiger partial charge in [0.05, 0.1) is 17.3 Å². The van der Waals surface area contributed by atoms with E-state index in [0.717, 1.165) is 11.0 Å². The van der Waals surface area contributed by atoms with E-state index in [9.17, 15) is 31.1 Å². The zero-order valence-electron chi connectivity index (χ0n) is 15.0. The Morgan fingerprint density at radius 1 is 0.967 bits per heavy atom. The predicted octanol–water partition coefficient (Wildman–Crippen LogP) is 5.28. The Morgan fingerprint density at radius 3 is 2.13 bits per heavy atom. The molecule has 3 aromatic rings. The van der Waals surface area contributed by atoms with Crippen LogP contribution in [-0.2, 0) is 12.4 Å². The molecule has 0 fully saturated rings. The van der Waals surface area contributed by atoms with Crippen LogP contribution in [0, 0.1) is 0 Å². The van der Waals surface area contributed by atoms with Gasteiger partial charge in [-0.1, -0.05) is 0 Å². The zero-order chi connectivity index (χ0) is 22.1. The number of anilines is 1. The van der Waals surface area contributed by atoms with Crippen LogP contribution >= 0.6 is 11.8 Å². The largest absolute Gasteiger partial charge is 0.434 e. The smallest absolute Gasteiger partial charge is 0.322 e. The number of rotatable bonds is 4. The van der Waals surface area contributed by atoms with Crippen LogP contribution in [0.3, 0.4) is 0 Å². The number of pyridine rings is 1. The minimum absolute atomic E-state index is 0.270. The minimum atomic E-state index is -5.02. The molecule has 1 amide bonds. The molecule has 1 aromatic carbocycles. The molecule has 158 valence electrons. The number of nitrogens with zero attached hydrogens (tertiary/aromatic N) is 3. The van der Waals surface area contributed by atoms with Crippen LogP contribution in [0.15, 0.2) is 53.7 Å². The summed E-state index contributed by atoms with van der Waals surface area (Å²) in [6.45, 7) is 0. The van der Waals surface area contributed by atoms with Gasteiger partial charge in [0.25, 0.3) is 5.91 Å². The first-order valence-electron chi connectivity index (χ1n) is 8.15. The van der Waals surface area contributed by atoms with Crippen molar-refractivity contribution in [2.75, 3.05) is 11.6 Å². The number of alkyl halides is 6. The van der Waals surface area contributed by atoms with Crippen molar-refractivity contribution in [1.29, 1.82) is 0 Å².